The second-order valence-corrected chi connectivity index (χ2v) is 9.05. The first-order valence-electron chi connectivity index (χ1n) is 8.74. The van der Waals surface area contributed by atoms with E-state index in [1.54, 1.807) is 0 Å². The van der Waals surface area contributed by atoms with Crippen LogP contribution in [0.5, 0.6) is 0 Å². The Morgan fingerprint density at radius 2 is 1.85 bits per heavy atom. The lowest BCUT2D eigenvalue weighted by atomic mass is 9.91. The Bertz CT molecular complexity index is 681. The number of hydrogen-bond acceptors (Lipinski definition) is 5. The standard InChI is InChI=1S/C16H24N2O2.C2H6O3S/c1-16(2,3)20-15(19)18-10-4-5-13(11-18)12-6-8-14(17)9-7-12;1-2-6(3,4)5/h6-9,13H,4-5,10-11,17H2,1-3H3;2H2,1H3,(H,3,4,5)/t13-;/m1./s1. The third-order valence-electron chi connectivity index (χ3n) is 3.88. The largest absolute Gasteiger partial charge is 0.748 e. The zero-order chi connectivity index (χ0) is 20.0. The predicted octanol–water partition coefficient (Wildman–Crippen LogP) is 2.23. The Labute approximate surface area is 156 Å². The van der Waals surface area contributed by atoms with E-state index in [9.17, 15) is 17.8 Å². The van der Waals surface area contributed by atoms with Crippen LogP contribution < -0.4 is 5.73 Å². The Morgan fingerprint density at radius 1 is 1.31 bits per heavy atom. The van der Waals surface area contributed by atoms with Crippen molar-refractivity contribution in [2.45, 2.75) is 52.1 Å². The lowest BCUT2D eigenvalue weighted by molar-refractivity contribution is -0.254. The molecule has 1 saturated heterocycles. The molecule has 1 fully saturated rings. The summed E-state index contributed by atoms with van der Waals surface area (Å²) in [6.45, 7) is 8.55. The van der Waals surface area contributed by atoms with Gasteiger partial charge in [0.25, 0.3) is 0 Å². The Morgan fingerprint density at radius 3 is 2.31 bits per heavy atom. The van der Waals surface area contributed by atoms with Crippen LogP contribution in [-0.2, 0) is 14.9 Å². The molecule has 1 amide bonds. The highest BCUT2D eigenvalue weighted by molar-refractivity contribution is 7.85. The minimum Gasteiger partial charge on any atom is -0.748 e. The molecule has 1 atom stereocenters. The van der Waals surface area contributed by atoms with Gasteiger partial charge in [-0.25, -0.2) is 13.2 Å². The van der Waals surface area contributed by atoms with E-state index in [0.717, 1.165) is 31.6 Å². The zero-order valence-corrected chi connectivity index (χ0v) is 16.8. The molecular weight excluding hydrogens is 356 g/mol. The summed E-state index contributed by atoms with van der Waals surface area (Å²) >= 11 is 0. The quantitative estimate of drug-likeness (QED) is 0.783. The van der Waals surface area contributed by atoms with Gasteiger partial charge in [-0.1, -0.05) is 19.1 Å². The predicted molar refractivity (Wildman–Crippen MR) is 99.0 cm³/mol. The van der Waals surface area contributed by atoms with Gasteiger partial charge in [0.1, 0.15) is 11.3 Å². The fraction of sp³-hybridized carbons (Fsp3) is 0.611. The maximum Gasteiger partial charge on any atom is 0.410 e. The third kappa shape index (κ3) is 8.64. The second kappa shape index (κ2) is 9.34. The van der Waals surface area contributed by atoms with Crippen LogP contribution in [0.1, 0.15) is 52.0 Å². The molecule has 0 radical (unpaired) electrons. The van der Waals surface area contributed by atoms with Gasteiger partial charge in [0.2, 0.25) is 0 Å². The number of hydrogen-bond donors (Lipinski definition) is 1. The molecule has 3 N–H and O–H groups in total. The molecule has 7 nitrogen and oxygen atoms in total. The molecule has 0 unspecified atom stereocenters. The molecule has 2 rings (SSSR count). The van der Waals surface area contributed by atoms with Crippen LogP contribution in [0.3, 0.4) is 0 Å². The molecule has 8 heteroatoms. The number of likely N-dealkylation sites (tertiary alicyclic amines) is 1. The molecule has 1 aromatic rings. The van der Waals surface area contributed by atoms with Gasteiger partial charge in [0, 0.05) is 24.8 Å². The molecule has 0 saturated carbocycles. The van der Waals surface area contributed by atoms with E-state index in [0.29, 0.717) is 5.92 Å². The van der Waals surface area contributed by atoms with Crippen LogP contribution in [0.15, 0.2) is 24.3 Å². The Kier molecular flexibility index (Phi) is 8.05. The van der Waals surface area contributed by atoms with Crippen LogP contribution in [0, 0.1) is 0 Å². The number of nitrogens with zero attached hydrogens (tertiary/aromatic N) is 1. The summed E-state index contributed by atoms with van der Waals surface area (Å²) in [6.07, 6.45) is 1.95. The van der Waals surface area contributed by atoms with Crippen LogP contribution >= 0.6 is 0 Å². The van der Waals surface area contributed by atoms with E-state index >= 15 is 0 Å². The molecule has 1 aliphatic heterocycles. The minimum absolute atomic E-state index is 0.198. The summed E-state index contributed by atoms with van der Waals surface area (Å²) < 4.78 is 33.8. The van der Waals surface area contributed by atoms with E-state index in [2.05, 4.69) is 17.9 Å². The fourth-order valence-electron chi connectivity index (χ4n) is 2.53. The average molecular weight is 387 g/mol. The molecule has 26 heavy (non-hydrogen) atoms. The lowest BCUT2D eigenvalue weighted by Gasteiger charge is -2.34. The highest BCUT2D eigenvalue weighted by Crippen LogP contribution is 2.28. The summed E-state index contributed by atoms with van der Waals surface area (Å²) in [5, 5.41) is 0. The van der Waals surface area contributed by atoms with Crippen molar-refractivity contribution in [1.29, 1.82) is 0 Å². The molecular formula is C18H30N2O5S. The topological polar surface area (TPSA) is 114 Å². The summed E-state index contributed by atoms with van der Waals surface area (Å²) in [7, 11) is -3.91. The van der Waals surface area contributed by atoms with E-state index in [4.69, 9.17) is 4.74 Å². The minimum atomic E-state index is -3.91. The van der Waals surface area contributed by atoms with Gasteiger partial charge in [-0.05, 0) is 51.3 Å². The molecule has 0 spiro atoms. The normalized spacial score (nSPS) is 17.9. The fourth-order valence-corrected chi connectivity index (χ4v) is 2.53. The number of amides is 1. The lowest BCUT2D eigenvalue weighted by Crippen LogP contribution is -2.42. The van der Waals surface area contributed by atoms with Gasteiger partial charge in [-0.3, -0.25) is 0 Å². The molecule has 1 aromatic carbocycles. The van der Waals surface area contributed by atoms with Crippen molar-refractivity contribution in [3.8, 4) is 0 Å². The first kappa shape index (κ1) is 22.4. The van der Waals surface area contributed by atoms with E-state index < -0.39 is 15.7 Å². The van der Waals surface area contributed by atoms with Gasteiger partial charge >= 0.3 is 6.09 Å². The Balaban J connectivity index is 0.000000487. The smallest absolute Gasteiger partial charge is 0.410 e. The van der Waals surface area contributed by atoms with Crippen molar-refractivity contribution < 1.29 is 28.2 Å². The SMILES string of the molecule is CC(C)(C)OC(=O)N1CCC[C@@H](c2ccc([NH3+])cc2)C1.CCS(=O)(=O)[O-]. The van der Waals surface area contributed by atoms with Gasteiger partial charge < -0.3 is 19.9 Å². The van der Waals surface area contributed by atoms with E-state index in [1.807, 2.05) is 37.8 Å². The number of rotatable bonds is 2. The first-order chi connectivity index (χ1) is 11.9. The molecule has 1 aliphatic rings. The van der Waals surface area contributed by atoms with Crippen molar-refractivity contribution in [2.24, 2.45) is 0 Å². The van der Waals surface area contributed by atoms with E-state index in [1.165, 1.54) is 12.5 Å². The summed E-state index contributed by atoms with van der Waals surface area (Å²) in [5.74, 6) is 0.0874. The third-order valence-corrected chi connectivity index (χ3v) is 4.58. The number of piperidine rings is 1. The van der Waals surface area contributed by atoms with Crippen molar-refractivity contribution in [3.63, 3.8) is 0 Å². The summed E-state index contributed by atoms with van der Waals surface area (Å²) in [6, 6.07) is 8.29. The zero-order valence-electron chi connectivity index (χ0n) is 16.0. The monoisotopic (exact) mass is 386 g/mol. The van der Waals surface area contributed by atoms with Crippen molar-refractivity contribution >= 4 is 21.9 Å². The number of ether oxygens (including phenoxy) is 1. The second-order valence-electron chi connectivity index (χ2n) is 7.35. The van der Waals surface area contributed by atoms with Gasteiger partial charge in [0.15, 0.2) is 0 Å². The van der Waals surface area contributed by atoms with Crippen LogP contribution in [0.2, 0.25) is 0 Å². The number of carbonyl (C=O) groups excluding carboxylic acids is 1. The van der Waals surface area contributed by atoms with Gasteiger partial charge in [-0.15, -0.1) is 0 Å². The summed E-state index contributed by atoms with van der Waals surface area (Å²) in [4.78, 5) is 14.0. The van der Waals surface area contributed by atoms with Gasteiger partial charge in [0.05, 0.1) is 10.1 Å². The van der Waals surface area contributed by atoms with Crippen molar-refractivity contribution in [3.05, 3.63) is 29.8 Å². The van der Waals surface area contributed by atoms with Crippen LogP contribution in [0.25, 0.3) is 0 Å². The van der Waals surface area contributed by atoms with Crippen molar-refractivity contribution in [2.75, 3.05) is 18.8 Å². The maximum atomic E-state index is 12.1. The Hall–Kier alpha value is -1.64. The highest BCUT2D eigenvalue weighted by Gasteiger charge is 2.28. The van der Waals surface area contributed by atoms with Crippen molar-refractivity contribution in [1.82, 2.24) is 4.90 Å². The molecule has 1 heterocycles. The molecule has 0 aromatic heterocycles. The van der Waals surface area contributed by atoms with E-state index in [-0.39, 0.29) is 11.8 Å². The first-order valence-corrected chi connectivity index (χ1v) is 10.3. The molecule has 0 aliphatic carbocycles. The van der Waals surface area contributed by atoms with Gasteiger partial charge in [-0.2, -0.15) is 0 Å². The summed E-state index contributed by atoms with van der Waals surface area (Å²) in [5.41, 5.74) is 5.78. The van der Waals surface area contributed by atoms with Crippen LogP contribution in [-0.4, -0.2) is 48.4 Å². The average Bonchev–Trinajstić information content (AvgIpc) is 2.54. The maximum absolute atomic E-state index is 12.1. The number of quaternary nitrogens is 1. The molecule has 148 valence electrons. The number of carbonyl (C=O) groups is 1. The number of benzene rings is 1. The highest BCUT2D eigenvalue weighted by atomic mass is 32.2. The molecule has 0 bridgehead atoms. The van der Waals surface area contributed by atoms with Crippen LogP contribution in [0.4, 0.5) is 10.5 Å².